The zero-order chi connectivity index (χ0) is 22.1. The van der Waals surface area contributed by atoms with Crippen LogP contribution in [0.2, 0.25) is 5.02 Å². The second-order valence-electron chi connectivity index (χ2n) is 7.07. The van der Waals surface area contributed by atoms with Crippen LogP contribution in [0, 0.1) is 0 Å². The van der Waals surface area contributed by atoms with Crippen LogP contribution < -0.4 is 10.5 Å². The number of primary sulfonamides is 1. The Morgan fingerprint density at radius 2 is 1.73 bits per heavy atom. The standard InChI is InChI=1S/C19H22ClN3O5S2/c1-13(14-5-4-6-15(11-14)29(21,25)26)22-19(24)17-12-16(7-8-18(17)20)30(27,28)23-9-2-3-10-23/h4-8,11-13H,2-3,9-10H2,1H3,(H,22,24)(H2,21,25,26). The summed E-state index contributed by atoms with van der Waals surface area (Å²) < 4.78 is 50.0. The van der Waals surface area contributed by atoms with Gasteiger partial charge in [-0.25, -0.2) is 22.0 Å². The third-order valence-electron chi connectivity index (χ3n) is 4.92. The van der Waals surface area contributed by atoms with E-state index < -0.39 is 32.0 Å². The number of nitrogens with one attached hydrogen (secondary N) is 1. The summed E-state index contributed by atoms with van der Waals surface area (Å²) in [4.78, 5) is 12.7. The number of hydrogen-bond donors (Lipinski definition) is 2. The maximum atomic E-state index is 12.8. The molecule has 0 aliphatic carbocycles. The molecule has 1 fully saturated rings. The van der Waals surface area contributed by atoms with Crippen LogP contribution in [-0.2, 0) is 20.0 Å². The summed E-state index contributed by atoms with van der Waals surface area (Å²) in [6.07, 6.45) is 1.60. The van der Waals surface area contributed by atoms with Gasteiger partial charge in [-0.3, -0.25) is 4.79 Å². The molecule has 30 heavy (non-hydrogen) atoms. The fraction of sp³-hybridized carbons (Fsp3) is 0.316. The van der Waals surface area contributed by atoms with Crippen molar-refractivity contribution >= 4 is 37.6 Å². The average molecular weight is 472 g/mol. The van der Waals surface area contributed by atoms with Crippen LogP contribution in [0.3, 0.4) is 0 Å². The normalized spacial score (nSPS) is 16.4. The minimum atomic E-state index is -3.88. The molecule has 1 unspecified atom stereocenters. The predicted molar refractivity (Wildman–Crippen MR) is 113 cm³/mol. The van der Waals surface area contributed by atoms with Gasteiger partial charge in [-0.2, -0.15) is 4.31 Å². The Morgan fingerprint density at radius 3 is 2.37 bits per heavy atom. The van der Waals surface area contributed by atoms with E-state index in [1.165, 1.54) is 40.7 Å². The van der Waals surface area contributed by atoms with E-state index in [1.807, 2.05) is 0 Å². The summed E-state index contributed by atoms with van der Waals surface area (Å²) in [7, 11) is -7.58. The lowest BCUT2D eigenvalue weighted by molar-refractivity contribution is 0.0940. The van der Waals surface area contributed by atoms with Gasteiger partial charge in [0.15, 0.2) is 0 Å². The van der Waals surface area contributed by atoms with Crippen LogP contribution in [0.4, 0.5) is 0 Å². The number of carbonyl (C=O) groups is 1. The van der Waals surface area contributed by atoms with Crippen LogP contribution in [0.15, 0.2) is 52.3 Å². The highest BCUT2D eigenvalue weighted by Crippen LogP contribution is 2.26. The van der Waals surface area contributed by atoms with Gasteiger partial charge >= 0.3 is 0 Å². The van der Waals surface area contributed by atoms with Crippen LogP contribution >= 0.6 is 11.6 Å². The lowest BCUT2D eigenvalue weighted by Gasteiger charge is -2.18. The number of halogens is 1. The summed E-state index contributed by atoms with van der Waals surface area (Å²) in [6.45, 7) is 2.56. The lowest BCUT2D eigenvalue weighted by atomic mass is 10.1. The van der Waals surface area contributed by atoms with Crippen molar-refractivity contribution < 1.29 is 21.6 Å². The van der Waals surface area contributed by atoms with Gasteiger partial charge in [0.05, 0.1) is 26.4 Å². The molecule has 0 spiro atoms. The Labute approximate surface area is 181 Å². The van der Waals surface area contributed by atoms with Gasteiger partial charge in [0.25, 0.3) is 5.91 Å². The van der Waals surface area contributed by atoms with Crippen molar-refractivity contribution in [1.82, 2.24) is 9.62 Å². The third kappa shape index (κ3) is 4.84. The molecule has 1 aliphatic rings. The predicted octanol–water partition coefficient (Wildman–Crippen LogP) is 2.26. The van der Waals surface area contributed by atoms with Gasteiger partial charge in [0.2, 0.25) is 20.0 Å². The first-order chi connectivity index (χ1) is 14.0. The molecule has 1 atom stereocenters. The van der Waals surface area contributed by atoms with E-state index in [0.717, 1.165) is 12.8 Å². The topological polar surface area (TPSA) is 127 Å². The van der Waals surface area contributed by atoms with Gasteiger partial charge in [-0.05, 0) is 55.7 Å². The molecule has 0 bridgehead atoms. The van der Waals surface area contributed by atoms with Gasteiger partial charge < -0.3 is 5.32 Å². The summed E-state index contributed by atoms with van der Waals surface area (Å²) >= 11 is 6.15. The maximum absolute atomic E-state index is 12.8. The number of hydrogen-bond acceptors (Lipinski definition) is 5. The maximum Gasteiger partial charge on any atom is 0.253 e. The average Bonchev–Trinajstić information content (AvgIpc) is 3.23. The molecule has 3 N–H and O–H groups in total. The number of nitrogens with two attached hydrogens (primary N) is 1. The van der Waals surface area contributed by atoms with E-state index in [4.69, 9.17) is 16.7 Å². The van der Waals surface area contributed by atoms with Crippen molar-refractivity contribution in [3.63, 3.8) is 0 Å². The van der Waals surface area contributed by atoms with E-state index in [2.05, 4.69) is 5.32 Å². The highest BCUT2D eigenvalue weighted by atomic mass is 35.5. The van der Waals surface area contributed by atoms with Crippen molar-refractivity contribution in [2.45, 2.75) is 35.6 Å². The van der Waals surface area contributed by atoms with Crippen molar-refractivity contribution in [3.8, 4) is 0 Å². The molecular formula is C19H22ClN3O5S2. The van der Waals surface area contributed by atoms with Gasteiger partial charge in [-0.1, -0.05) is 23.7 Å². The summed E-state index contributed by atoms with van der Waals surface area (Å²) in [5.41, 5.74) is 0.540. The molecule has 0 saturated carbocycles. The van der Waals surface area contributed by atoms with E-state index in [9.17, 15) is 21.6 Å². The minimum absolute atomic E-state index is 0.00262. The molecule has 1 amide bonds. The minimum Gasteiger partial charge on any atom is -0.345 e. The number of rotatable bonds is 6. The quantitative estimate of drug-likeness (QED) is 0.668. The van der Waals surface area contributed by atoms with E-state index in [1.54, 1.807) is 13.0 Å². The molecular weight excluding hydrogens is 450 g/mol. The van der Waals surface area contributed by atoms with Crippen molar-refractivity contribution in [3.05, 3.63) is 58.6 Å². The van der Waals surface area contributed by atoms with E-state index in [-0.39, 0.29) is 20.4 Å². The molecule has 162 valence electrons. The lowest BCUT2D eigenvalue weighted by Crippen LogP contribution is -2.29. The number of benzene rings is 2. The highest BCUT2D eigenvalue weighted by Gasteiger charge is 2.28. The number of amides is 1. The van der Waals surface area contributed by atoms with Crippen LogP contribution in [0.25, 0.3) is 0 Å². The first-order valence-corrected chi connectivity index (χ1v) is 12.6. The number of nitrogens with zero attached hydrogens (tertiary/aromatic N) is 1. The highest BCUT2D eigenvalue weighted by molar-refractivity contribution is 7.89. The number of sulfonamides is 2. The fourth-order valence-electron chi connectivity index (χ4n) is 3.23. The fourth-order valence-corrected chi connectivity index (χ4v) is 5.55. The van der Waals surface area contributed by atoms with Gasteiger partial charge in [0, 0.05) is 13.1 Å². The zero-order valence-electron chi connectivity index (χ0n) is 16.2. The monoisotopic (exact) mass is 471 g/mol. The molecule has 3 rings (SSSR count). The number of carbonyl (C=O) groups excluding carboxylic acids is 1. The zero-order valence-corrected chi connectivity index (χ0v) is 18.6. The summed E-state index contributed by atoms with van der Waals surface area (Å²) in [6, 6.07) is 9.35. The van der Waals surface area contributed by atoms with Crippen molar-refractivity contribution in [2.24, 2.45) is 5.14 Å². The third-order valence-corrected chi connectivity index (χ3v) is 8.05. The van der Waals surface area contributed by atoms with Gasteiger partial charge in [-0.15, -0.1) is 0 Å². The molecule has 0 aromatic heterocycles. The molecule has 2 aromatic carbocycles. The molecule has 0 radical (unpaired) electrons. The summed E-state index contributed by atoms with van der Waals surface area (Å²) in [5.74, 6) is -0.577. The Bertz CT molecular complexity index is 1180. The van der Waals surface area contributed by atoms with Crippen molar-refractivity contribution in [1.29, 1.82) is 0 Å². The Balaban J connectivity index is 1.85. The first kappa shape index (κ1) is 22.7. The second kappa shape index (κ2) is 8.64. The molecule has 2 aromatic rings. The van der Waals surface area contributed by atoms with Gasteiger partial charge in [0.1, 0.15) is 0 Å². The second-order valence-corrected chi connectivity index (χ2v) is 11.0. The Hall–Kier alpha value is -1.98. The molecule has 11 heteroatoms. The Morgan fingerprint density at radius 1 is 1.07 bits per heavy atom. The molecule has 1 heterocycles. The smallest absolute Gasteiger partial charge is 0.253 e. The van der Waals surface area contributed by atoms with E-state index in [0.29, 0.717) is 18.7 Å². The van der Waals surface area contributed by atoms with E-state index >= 15 is 0 Å². The SMILES string of the molecule is CC(NC(=O)c1cc(S(=O)(=O)N2CCCC2)ccc1Cl)c1cccc(S(N)(=O)=O)c1. The largest absolute Gasteiger partial charge is 0.345 e. The molecule has 8 nitrogen and oxygen atoms in total. The van der Waals surface area contributed by atoms with Crippen LogP contribution in [0.5, 0.6) is 0 Å². The molecule has 1 aliphatic heterocycles. The van der Waals surface area contributed by atoms with Crippen LogP contribution in [-0.4, -0.2) is 40.1 Å². The molecule has 1 saturated heterocycles. The van der Waals surface area contributed by atoms with Crippen LogP contribution in [0.1, 0.15) is 41.7 Å². The van der Waals surface area contributed by atoms with Crippen molar-refractivity contribution in [2.75, 3.05) is 13.1 Å². The Kier molecular flexibility index (Phi) is 6.54. The summed E-state index contributed by atoms with van der Waals surface area (Å²) in [5, 5.41) is 7.98. The first-order valence-electron chi connectivity index (χ1n) is 9.23.